The van der Waals surface area contributed by atoms with Gasteiger partial charge >= 0.3 is 0 Å². The van der Waals surface area contributed by atoms with Crippen molar-refractivity contribution in [1.82, 2.24) is 4.98 Å². The predicted octanol–water partition coefficient (Wildman–Crippen LogP) is 7.11. The molecule has 3 aromatic rings. The standard InChI is InChI=1S/C26H33NSi/c1-19(26(2,3)4)23-17-24(27-18-25(23)28(5,6)7)22-15-11-14-21(16-22)20-12-9-8-10-13-20/h8-19H,1-7H3. The summed E-state index contributed by atoms with van der Waals surface area (Å²) in [5, 5.41) is 1.48. The summed E-state index contributed by atoms with van der Waals surface area (Å²) < 4.78 is 0. The van der Waals surface area contributed by atoms with Gasteiger partial charge in [0, 0.05) is 11.8 Å². The Kier molecular flexibility index (Phi) is 5.63. The third kappa shape index (κ3) is 4.44. The predicted molar refractivity (Wildman–Crippen MR) is 126 cm³/mol. The molecule has 0 bridgehead atoms. The van der Waals surface area contributed by atoms with Crippen LogP contribution in [0.3, 0.4) is 0 Å². The van der Waals surface area contributed by atoms with Gasteiger partial charge < -0.3 is 0 Å². The second kappa shape index (κ2) is 7.67. The van der Waals surface area contributed by atoms with E-state index in [0.717, 1.165) is 5.69 Å². The summed E-state index contributed by atoms with van der Waals surface area (Å²) in [5.74, 6) is 0.480. The first-order valence-electron chi connectivity index (χ1n) is 10.2. The van der Waals surface area contributed by atoms with Crippen molar-refractivity contribution in [3.63, 3.8) is 0 Å². The maximum Gasteiger partial charge on any atom is 0.0799 e. The first-order valence-corrected chi connectivity index (χ1v) is 13.7. The van der Waals surface area contributed by atoms with Gasteiger partial charge in [0.05, 0.1) is 13.8 Å². The molecule has 1 aromatic heterocycles. The zero-order valence-corrected chi connectivity index (χ0v) is 19.4. The van der Waals surface area contributed by atoms with Crippen molar-refractivity contribution in [2.75, 3.05) is 0 Å². The molecule has 2 aromatic carbocycles. The van der Waals surface area contributed by atoms with Crippen molar-refractivity contribution in [2.24, 2.45) is 5.41 Å². The van der Waals surface area contributed by atoms with E-state index >= 15 is 0 Å². The van der Waals surface area contributed by atoms with Crippen molar-refractivity contribution in [3.05, 3.63) is 72.4 Å². The second-order valence-electron chi connectivity index (χ2n) is 9.94. The van der Waals surface area contributed by atoms with Crippen LogP contribution in [-0.2, 0) is 0 Å². The summed E-state index contributed by atoms with van der Waals surface area (Å²) in [4.78, 5) is 4.91. The molecule has 0 fully saturated rings. The first kappa shape index (κ1) is 20.5. The highest BCUT2D eigenvalue weighted by Gasteiger charge is 2.29. The van der Waals surface area contributed by atoms with E-state index in [4.69, 9.17) is 4.98 Å². The normalized spacial score (nSPS) is 13.4. The molecule has 28 heavy (non-hydrogen) atoms. The van der Waals surface area contributed by atoms with Crippen LogP contribution in [0.15, 0.2) is 66.9 Å². The topological polar surface area (TPSA) is 12.9 Å². The Balaban J connectivity index is 2.11. The van der Waals surface area contributed by atoms with Gasteiger partial charge in [-0.25, -0.2) is 0 Å². The molecular weight excluding hydrogens is 354 g/mol. The van der Waals surface area contributed by atoms with Crippen LogP contribution >= 0.6 is 0 Å². The average molecular weight is 388 g/mol. The van der Waals surface area contributed by atoms with E-state index in [9.17, 15) is 0 Å². The third-order valence-electron chi connectivity index (χ3n) is 5.77. The molecule has 0 saturated carbocycles. The number of pyridine rings is 1. The van der Waals surface area contributed by atoms with Gasteiger partial charge in [-0.05, 0) is 45.3 Å². The summed E-state index contributed by atoms with van der Waals surface area (Å²) in [6, 6.07) is 21.7. The molecule has 146 valence electrons. The molecule has 1 atom stereocenters. The van der Waals surface area contributed by atoms with Crippen LogP contribution in [0.4, 0.5) is 0 Å². The summed E-state index contributed by atoms with van der Waals surface area (Å²) >= 11 is 0. The summed E-state index contributed by atoms with van der Waals surface area (Å²) in [5.41, 5.74) is 6.43. The number of aromatic nitrogens is 1. The van der Waals surface area contributed by atoms with Gasteiger partial charge in [-0.1, -0.05) is 95.9 Å². The fraction of sp³-hybridized carbons (Fsp3) is 0.346. The first-order chi connectivity index (χ1) is 13.1. The highest BCUT2D eigenvalue weighted by molar-refractivity contribution is 6.89. The Bertz CT molecular complexity index is 946. The minimum Gasteiger partial charge on any atom is -0.256 e. The fourth-order valence-corrected chi connectivity index (χ4v) is 5.18. The SMILES string of the molecule is CC(c1cc(-c2cccc(-c3ccccc3)c2)ncc1[Si](C)(C)C)C(C)(C)C. The fourth-order valence-electron chi connectivity index (χ4n) is 3.57. The van der Waals surface area contributed by atoms with Crippen molar-refractivity contribution in [3.8, 4) is 22.4 Å². The molecule has 0 aliphatic rings. The van der Waals surface area contributed by atoms with Crippen LogP contribution in [0.2, 0.25) is 19.6 Å². The molecule has 2 heteroatoms. The lowest BCUT2D eigenvalue weighted by Crippen LogP contribution is -2.42. The van der Waals surface area contributed by atoms with Crippen LogP contribution in [0.5, 0.6) is 0 Å². The second-order valence-corrected chi connectivity index (χ2v) is 15.0. The molecule has 1 heterocycles. The molecule has 0 amide bonds. The van der Waals surface area contributed by atoms with E-state index in [-0.39, 0.29) is 5.41 Å². The van der Waals surface area contributed by atoms with E-state index in [1.807, 2.05) is 0 Å². The molecule has 1 nitrogen and oxygen atoms in total. The number of benzene rings is 2. The molecule has 0 aliphatic carbocycles. The molecular formula is C26H33NSi. The average Bonchev–Trinajstić information content (AvgIpc) is 2.66. The van der Waals surface area contributed by atoms with Crippen LogP contribution in [-0.4, -0.2) is 13.1 Å². The van der Waals surface area contributed by atoms with Gasteiger partial charge in [-0.3, -0.25) is 4.98 Å². The lowest BCUT2D eigenvalue weighted by molar-refractivity contribution is 0.340. The zero-order valence-electron chi connectivity index (χ0n) is 18.4. The Morgan fingerprint density at radius 1 is 0.786 bits per heavy atom. The van der Waals surface area contributed by atoms with Crippen LogP contribution in [0.25, 0.3) is 22.4 Å². The highest BCUT2D eigenvalue weighted by Crippen LogP contribution is 2.36. The molecule has 3 rings (SSSR count). The Hall–Kier alpha value is -2.19. The van der Waals surface area contributed by atoms with E-state index in [2.05, 4.69) is 114 Å². The van der Waals surface area contributed by atoms with Gasteiger partial charge in [-0.15, -0.1) is 0 Å². The van der Waals surface area contributed by atoms with E-state index in [0.29, 0.717) is 5.92 Å². The quantitative estimate of drug-likeness (QED) is 0.435. The number of hydrogen-bond donors (Lipinski definition) is 0. The Labute approximate surface area is 171 Å². The molecule has 0 spiro atoms. The molecule has 1 unspecified atom stereocenters. The van der Waals surface area contributed by atoms with Gasteiger partial charge in [0.25, 0.3) is 0 Å². The van der Waals surface area contributed by atoms with Gasteiger partial charge in [-0.2, -0.15) is 0 Å². The van der Waals surface area contributed by atoms with Gasteiger partial charge in [0.1, 0.15) is 0 Å². The van der Waals surface area contributed by atoms with Crippen molar-refractivity contribution < 1.29 is 0 Å². The minimum atomic E-state index is -1.47. The number of nitrogens with zero attached hydrogens (tertiary/aromatic N) is 1. The van der Waals surface area contributed by atoms with Crippen molar-refractivity contribution in [2.45, 2.75) is 53.3 Å². The smallest absolute Gasteiger partial charge is 0.0799 e. The zero-order chi connectivity index (χ0) is 20.5. The summed E-state index contributed by atoms with van der Waals surface area (Å²) in [7, 11) is -1.47. The molecule has 0 saturated heterocycles. The Morgan fingerprint density at radius 2 is 1.39 bits per heavy atom. The van der Waals surface area contributed by atoms with Gasteiger partial charge in [0.2, 0.25) is 0 Å². The summed E-state index contributed by atoms with van der Waals surface area (Å²) in [6.07, 6.45) is 2.16. The lowest BCUT2D eigenvalue weighted by Gasteiger charge is -2.32. The maximum atomic E-state index is 4.91. The van der Waals surface area contributed by atoms with Crippen molar-refractivity contribution >= 4 is 13.3 Å². The number of hydrogen-bond acceptors (Lipinski definition) is 1. The van der Waals surface area contributed by atoms with Crippen molar-refractivity contribution in [1.29, 1.82) is 0 Å². The Morgan fingerprint density at radius 3 is 2.00 bits per heavy atom. The summed E-state index contributed by atoms with van der Waals surface area (Å²) in [6.45, 7) is 16.6. The highest BCUT2D eigenvalue weighted by atomic mass is 28.3. The van der Waals surface area contributed by atoms with E-state index in [1.165, 1.54) is 27.4 Å². The van der Waals surface area contributed by atoms with Crippen LogP contribution in [0, 0.1) is 5.41 Å². The molecule has 0 N–H and O–H groups in total. The van der Waals surface area contributed by atoms with Crippen LogP contribution in [0.1, 0.15) is 39.2 Å². The van der Waals surface area contributed by atoms with E-state index in [1.54, 1.807) is 0 Å². The lowest BCUT2D eigenvalue weighted by atomic mass is 9.78. The van der Waals surface area contributed by atoms with Crippen LogP contribution < -0.4 is 5.19 Å². The molecule has 0 aliphatic heterocycles. The number of rotatable bonds is 4. The van der Waals surface area contributed by atoms with Gasteiger partial charge in [0.15, 0.2) is 0 Å². The maximum absolute atomic E-state index is 4.91. The monoisotopic (exact) mass is 387 g/mol. The third-order valence-corrected chi connectivity index (χ3v) is 7.81. The molecule has 0 radical (unpaired) electrons. The van der Waals surface area contributed by atoms with E-state index < -0.39 is 8.07 Å². The largest absolute Gasteiger partial charge is 0.256 e. The minimum absolute atomic E-state index is 0.221.